The van der Waals surface area contributed by atoms with Crippen LogP contribution in [0.15, 0.2) is 18.6 Å². The molecule has 11 heteroatoms. The quantitative estimate of drug-likeness (QED) is 0.455. The van der Waals surface area contributed by atoms with Crippen LogP contribution in [0.3, 0.4) is 0 Å². The second kappa shape index (κ2) is 10.2. The SMILES string of the molecule is COC(=O)C12CCC(c3ncc4c(Cl)nccn34)(CC1)CC2.Cl.Cl.Cl.O=P. The number of hydrogen-bond acceptors (Lipinski definition) is 5. The van der Waals surface area contributed by atoms with Crippen molar-refractivity contribution in [3.05, 3.63) is 29.6 Å². The number of nitrogens with zero attached hydrogens (tertiary/aromatic N) is 3. The smallest absolute Gasteiger partial charge is 0.311 e. The van der Waals surface area contributed by atoms with Crippen molar-refractivity contribution in [2.45, 2.75) is 43.9 Å². The second-order valence-electron chi connectivity index (χ2n) is 6.61. The molecule has 0 radical (unpaired) electrons. The third-order valence-corrected chi connectivity index (χ3v) is 6.04. The predicted molar refractivity (Wildman–Crippen MR) is 113 cm³/mol. The Balaban J connectivity index is 0.00000131. The van der Waals surface area contributed by atoms with E-state index < -0.39 is 0 Å². The molecule has 27 heavy (non-hydrogen) atoms. The number of hydrogen-bond donors (Lipinski definition) is 0. The first-order valence-electron chi connectivity index (χ1n) is 7.87. The first-order chi connectivity index (χ1) is 11.6. The Morgan fingerprint density at radius 1 is 1.11 bits per heavy atom. The van der Waals surface area contributed by atoms with Gasteiger partial charge in [0.25, 0.3) is 0 Å². The molecule has 3 fully saturated rings. The summed E-state index contributed by atoms with van der Waals surface area (Å²) < 4.78 is 15.1. The van der Waals surface area contributed by atoms with Crippen LogP contribution in [0.2, 0.25) is 5.15 Å². The maximum Gasteiger partial charge on any atom is 0.311 e. The fourth-order valence-corrected chi connectivity index (χ4v) is 4.53. The van der Waals surface area contributed by atoms with Crippen molar-refractivity contribution in [2.24, 2.45) is 5.41 Å². The van der Waals surface area contributed by atoms with E-state index in [0.29, 0.717) is 5.15 Å². The topological polar surface area (TPSA) is 73.6 Å². The van der Waals surface area contributed by atoms with E-state index in [1.807, 2.05) is 6.20 Å². The van der Waals surface area contributed by atoms with Crippen LogP contribution in [0.4, 0.5) is 0 Å². The average Bonchev–Trinajstić information content (AvgIpc) is 3.10. The molecule has 6 nitrogen and oxygen atoms in total. The van der Waals surface area contributed by atoms with Crippen molar-refractivity contribution in [3.8, 4) is 0 Å². The fraction of sp³-hybridized carbons (Fsp3) is 0.562. The first kappa shape index (κ1) is 26.4. The van der Waals surface area contributed by atoms with E-state index in [2.05, 4.69) is 14.4 Å². The molecule has 0 atom stereocenters. The second-order valence-corrected chi connectivity index (χ2v) is 6.97. The highest BCUT2D eigenvalue weighted by Gasteiger charge is 2.55. The zero-order valence-electron chi connectivity index (χ0n) is 14.6. The standard InChI is InChI=1S/C16H18ClN3O2.3ClH.HOP/c1-22-14(21)16-5-2-15(3-6-16,4-7-16)13-19-10-11-12(17)18-8-9-20(11)13;;;;1-2/h8-10H,2-7H2,1H3;3*1H;2H. The number of rotatable bonds is 2. The van der Waals surface area contributed by atoms with Crippen molar-refractivity contribution in [3.63, 3.8) is 0 Å². The molecule has 2 aromatic rings. The van der Waals surface area contributed by atoms with Gasteiger partial charge in [-0.25, -0.2) is 9.97 Å². The van der Waals surface area contributed by atoms with Crippen LogP contribution >= 0.6 is 57.9 Å². The normalized spacial score (nSPS) is 25.1. The lowest BCUT2D eigenvalue weighted by Crippen LogP contribution is -2.49. The molecule has 3 saturated carbocycles. The Morgan fingerprint density at radius 3 is 2.19 bits per heavy atom. The summed E-state index contributed by atoms with van der Waals surface area (Å²) in [5.41, 5.74) is 0.638. The van der Waals surface area contributed by atoms with Crippen molar-refractivity contribution >= 4 is 69.4 Å². The Labute approximate surface area is 183 Å². The third-order valence-electron chi connectivity index (χ3n) is 5.75. The molecule has 0 aliphatic heterocycles. The molecule has 0 aromatic carbocycles. The van der Waals surface area contributed by atoms with E-state index in [0.717, 1.165) is 49.9 Å². The van der Waals surface area contributed by atoms with Gasteiger partial charge in [-0.2, -0.15) is 0 Å². The highest BCUT2D eigenvalue weighted by atomic mass is 35.5. The van der Waals surface area contributed by atoms with Crippen molar-refractivity contribution < 1.29 is 14.1 Å². The van der Waals surface area contributed by atoms with Crippen molar-refractivity contribution in [1.29, 1.82) is 0 Å². The molecule has 2 bridgehead atoms. The zero-order chi connectivity index (χ0) is 17.4. The maximum absolute atomic E-state index is 12.1. The van der Waals surface area contributed by atoms with E-state index in [4.69, 9.17) is 20.9 Å². The first-order valence-corrected chi connectivity index (χ1v) is 8.66. The van der Waals surface area contributed by atoms with Crippen LogP contribution < -0.4 is 0 Å². The van der Waals surface area contributed by atoms with Crippen LogP contribution in [0.5, 0.6) is 0 Å². The minimum Gasteiger partial charge on any atom is -0.469 e. The summed E-state index contributed by atoms with van der Waals surface area (Å²) in [6.45, 7) is 0. The molecule has 2 heterocycles. The van der Waals surface area contributed by atoms with E-state index in [1.165, 1.54) is 7.11 Å². The van der Waals surface area contributed by atoms with Gasteiger partial charge in [-0.05, 0) is 38.5 Å². The number of methoxy groups -OCH3 is 1. The molecular formula is C16H22Cl4N3O3P. The van der Waals surface area contributed by atoms with Gasteiger partial charge in [0.1, 0.15) is 20.5 Å². The van der Waals surface area contributed by atoms with Gasteiger partial charge in [0, 0.05) is 17.8 Å². The van der Waals surface area contributed by atoms with E-state index in [9.17, 15) is 4.79 Å². The monoisotopic (exact) mass is 475 g/mol. The van der Waals surface area contributed by atoms with E-state index in [-0.39, 0.29) is 54.0 Å². The van der Waals surface area contributed by atoms with Gasteiger partial charge in [0.05, 0.1) is 18.7 Å². The lowest BCUT2D eigenvalue weighted by atomic mass is 9.53. The lowest BCUT2D eigenvalue weighted by molar-refractivity contribution is -0.160. The van der Waals surface area contributed by atoms with Gasteiger partial charge < -0.3 is 4.74 Å². The number of imidazole rings is 1. The summed E-state index contributed by atoms with van der Waals surface area (Å²) in [5.74, 6) is 1.02. The molecule has 5 rings (SSSR count). The van der Waals surface area contributed by atoms with E-state index in [1.54, 1.807) is 21.5 Å². The molecular weight excluding hydrogens is 455 g/mol. The Kier molecular flexibility index (Phi) is 9.97. The van der Waals surface area contributed by atoms with Crippen LogP contribution in [-0.2, 0) is 19.5 Å². The van der Waals surface area contributed by atoms with Gasteiger partial charge in [-0.1, -0.05) is 11.6 Å². The number of carbonyl (C=O) groups excluding carboxylic acids is 1. The fourth-order valence-electron chi connectivity index (χ4n) is 4.33. The Bertz CT molecular complexity index is 765. The highest BCUT2D eigenvalue weighted by Crippen LogP contribution is 2.57. The van der Waals surface area contributed by atoms with Crippen LogP contribution in [0.1, 0.15) is 44.3 Å². The molecule has 0 N–H and O–H groups in total. The molecule has 0 amide bonds. The Morgan fingerprint density at radius 2 is 1.67 bits per heavy atom. The molecule has 3 aliphatic carbocycles. The Hall–Kier alpha value is -0.650. The van der Waals surface area contributed by atoms with Crippen molar-refractivity contribution in [1.82, 2.24) is 14.4 Å². The summed E-state index contributed by atoms with van der Waals surface area (Å²) in [4.78, 5) is 20.9. The predicted octanol–water partition coefficient (Wildman–Crippen LogP) is 4.89. The number of carbonyl (C=O) groups is 1. The lowest BCUT2D eigenvalue weighted by Gasteiger charge is -2.51. The van der Waals surface area contributed by atoms with Gasteiger partial charge in [-0.15, -0.1) is 37.2 Å². The zero-order valence-corrected chi connectivity index (χ0v) is 18.8. The largest absolute Gasteiger partial charge is 0.469 e. The van der Waals surface area contributed by atoms with Crippen LogP contribution in [-0.4, -0.2) is 27.4 Å². The number of fused-ring (bicyclic) bond motifs is 4. The molecule has 0 spiro atoms. The third kappa shape index (κ3) is 4.20. The molecule has 2 aromatic heterocycles. The number of ether oxygens (including phenoxy) is 1. The minimum atomic E-state index is -0.261. The summed E-state index contributed by atoms with van der Waals surface area (Å²) >= 11 is 6.16. The maximum atomic E-state index is 12.1. The van der Waals surface area contributed by atoms with Crippen LogP contribution in [0.25, 0.3) is 5.52 Å². The van der Waals surface area contributed by atoms with Gasteiger partial charge in [0.2, 0.25) is 0 Å². The summed E-state index contributed by atoms with van der Waals surface area (Å²) in [7, 11) is 3.21. The van der Waals surface area contributed by atoms with Crippen LogP contribution in [0, 0.1) is 5.41 Å². The van der Waals surface area contributed by atoms with Gasteiger partial charge in [-0.3, -0.25) is 13.8 Å². The summed E-state index contributed by atoms with van der Waals surface area (Å²) in [5, 5.41) is 0.480. The minimum absolute atomic E-state index is 0. The molecule has 152 valence electrons. The molecule has 0 unspecified atom stereocenters. The average molecular weight is 477 g/mol. The summed E-state index contributed by atoms with van der Waals surface area (Å²) in [6, 6.07) is 0. The van der Waals surface area contributed by atoms with Gasteiger partial charge >= 0.3 is 5.97 Å². The number of halogens is 4. The summed E-state index contributed by atoms with van der Waals surface area (Å²) in [6.07, 6.45) is 11.0. The molecule has 3 aliphatic rings. The highest BCUT2D eigenvalue weighted by molar-refractivity contribution is 7.00. The van der Waals surface area contributed by atoms with E-state index >= 15 is 0 Å². The van der Waals surface area contributed by atoms with Gasteiger partial charge in [0.15, 0.2) is 5.15 Å². The van der Waals surface area contributed by atoms with Crippen molar-refractivity contribution in [2.75, 3.05) is 7.11 Å². The molecule has 0 saturated heterocycles. The number of aromatic nitrogens is 3. The number of esters is 1.